The van der Waals surface area contributed by atoms with Gasteiger partial charge in [0, 0.05) is 63.5 Å². The third-order valence-corrected chi connectivity index (χ3v) is 10.3. The number of anilines is 3. The van der Waals surface area contributed by atoms with Crippen LogP contribution in [0, 0.1) is 0 Å². The van der Waals surface area contributed by atoms with E-state index in [9.17, 15) is 0 Å². The van der Waals surface area contributed by atoms with Crippen molar-refractivity contribution in [1.82, 2.24) is 14.5 Å². The van der Waals surface area contributed by atoms with Crippen molar-refractivity contribution in [2.75, 3.05) is 23.5 Å². The molecule has 0 saturated carbocycles. The van der Waals surface area contributed by atoms with Gasteiger partial charge in [0.25, 0.3) is 0 Å². The Morgan fingerprint density at radius 1 is 0.681 bits per heavy atom. The lowest BCUT2D eigenvalue weighted by Crippen LogP contribution is -2.23. The summed E-state index contributed by atoms with van der Waals surface area (Å²) in [6.07, 6.45) is 3.78. The number of pyridine rings is 2. The zero-order valence-electron chi connectivity index (χ0n) is 26.7. The van der Waals surface area contributed by atoms with E-state index in [0.29, 0.717) is 0 Å². The van der Waals surface area contributed by atoms with Crippen LogP contribution < -0.4 is 14.5 Å². The average Bonchev–Trinajstić information content (AvgIpc) is 3.72. The second-order valence-corrected chi connectivity index (χ2v) is 14.4. The quantitative estimate of drug-likeness (QED) is 0.193. The molecule has 0 N–H and O–H groups in total. The highest BCUT2D eigenvalue weighted by Gasteiger charge is 2.27. The molecule has 1 aliphatic heterocycles. The number of hydrogen-bond donors (Lipinski definition) is 0. The van der Waals surface area contributed by atoms with Crippen molar-refractivity contribution < 1.29 is 4.74 Å². The maximum atomic E-state index is 6.60. The molecular formula is C40H33N5OS. The number of thiophene rings is 1. The van der Waals surface area contributed by atoms with Gasteiger partial charge in [-0.2, -0.15) is 0 Å². The van der Waals surface area contributed by atoms with E-state index in [1.54, 1.807) is 11.3 Å². The van der Waals surface area contributed by atoms with Gasteiger partial charge >= 0.3 is 0 Å². The molecule has 8 aromatic rings. The highest BCUT2D eigenvalue weighted by atomic mass is 32.1. The highest BCUT2D eigenvalue weighted by Crippen LogP contribution is 2.46. The fraction of sp³-hybridized carbons (Fsp3) is 0.150. The molecule has 47 heavy (non-hydrogen) atoms. The summed E-state index contributed by atoms with van der Waals surface area (Å²) in [4.78, 5) is 15.2. The van der Waals surface area contributed by atoms with E-state index in [1.165, 1.54) is 43.2 Å². The fourth-order valence-electron chi connectivity index (χ4n) is 6.86. The normalized spacial score (nSPS) is 13.4. The van der Waals surface area contributed by atoms with Crippen LogP contribution in [0.4, 0.5) is 17.1 Å². The van der Waals surface area contributed by atoms with E-state index in [0.717, 1.165) is 45.5 Å². The summed E-state index contributed by atoms with van der Waals surface area (Å²) in [6, 6.07) is 36.4. The summed E-state index contributed by atoms with van der Waals surface area (Å²) in [5.41, 5.74) is 6.95. The molecule has 0 fully saturated rings. The van der Waals surface area contributed by atoms with Gasteiger partial charge in [-0.15, -0.1) is 11.3 Å². The number of ether oxygens (including phenoxy) is 1. The molecule has 6 nitrogen and oxygen atoms in total. The molecule has 0 unspecified atom stereocenters. The van der Waals surface area contributed by atoms with Gasteiger partial charge in [-0.05, 0) is 77.7 Å². The minimum atomic E-state index is 0.0150. The molecule has 0 radical (unpaired) electrons. The molecule has 0 atom stereocenters. The third kappa shape index (κ3) is 4.53. The maximum absolute atomic E-state index is 6.60. The number of rotatable bonds is 4. The SMILES string of the molecule is CN1CN(c2cccc(Oc3ccc4c5ccccc5n(-c5cc(C(C)(C)C)ccn5)c4c3)c2)c2cc3c(cc21)sc1ncccc13. The average molecular weight is 632 g/mol. The Morgan fingerprint density at radius 2 is 1.51 bits per heavy atom. The second-order valence-electron chi connectivity index (χ2n) is 13.3. The van der Waals surface area contributed by atoms with Crippen LogP contribution in [0.2, 0.25) is 0 Å². The van der Waals surface area contributed by atoms with Crippen LogP contribution >= 0.6 is 11.3 Å². The van der Waals surface area contributed by atoms with Gasteiger partial charge in [0.2, 0.25) is 0 Å². The maximum Gasteiger partial charge on any atom is 0.137 e. The molecule has 0 spiro atoms. The van der Waals surface area contributed by atoms with E-state index < -0.39 is 0 Å². The Balaban J connectivity index is 1.10. The topological polar surface area (TPSA) is 46.4 Å². The van der Waals surface area contributed by atoms with Gasteiger partial charge in [0.15, 0.2) is 0 Å². The number of benzene rings is 4. The lowest BCUT2D eigenvalue weighted by molar-refractivity contribution is 0.483. The number of hydrogen-bond acceptors (Lipinski definition) is 6. The van der Waals surface area contributed by atoms with Crippen LogP contribution in [-0.2, 0) is 5.41 Å². The van der Waals surface area contributed by atoms with Crippen molar-refractivity contribution in [3.05, 3.63) is 121 Å². The molecule has 4 aromatic heterocycles. The predicted molar refractivity (Wildman–Crippen MR) is 196 cm³/mol. The molecule has 5 heterocycles. The van der Waals surface area contributed by atoms with Crippen molar-refractivity contribution in [3.8, 4) is 17.3 Å². The van der Waals surface area contributed by atoms with Crippen LogP contribution in [0.25, 0.3) is 47.9 Å². The largest absolute Gasteiger partial charge is 0.457 e. The third-order valence-electron chi connectivity index (χ3n) is 9.25. The Labute approximate surface area is 277 Å². The Kier molecular flexibility index (Phi) is 6.11. The van der Waals surface area contributed by atoms with Gasteiger partial charge in [-0.3, -0.25) is 4.57 Å². The zero-order chi connectivity index (χ0) is 31.9. The molecule has 4 aromatic carbocycles. The lowest BCUT2D eigenvalue weighted by atomic mass is 9.88. The summed E-state index contributed by atoms with van der Waals surface area (Å²) in [5, 5.41) is 4.81. The van der Waals surface area contributed by atoms with Crippen molar-refractivity contribution in [3.63, 3.8) is 0 Å². The van der Waals surface area contributed by atoms with Crippen LogP contribution in [-0.4, -0.2) is 28.3 Å². The number of nitrogens with zero attached hydrogens (tertiary/aromatic N) is 5. The summed E-state index contributed by atoms with van der Waals surface area (Å²) in [5.74, 6) is 2.48. The minimum Gasteiger partial charge on any atom is -0.457 e. The summed E-state index contributed by atoms with van der Waals surface area (Å²) in [7, 11) is 2.15. The fourth-order valence-corrected chi connectivity index (χ4v) is 7.92. The van der Waals surface area contributed by atoms with Crippen molar-refractivity contribution in [2.45, 2.75) is 26.2 Å². The van der Waals surface area contributed by atoms with Crippen LogP contribution in [0.3, 0.4) is 0 Å². The first-order valence-electron chi connectivity index (χ1n) is 15.9. The second kappa shape index (κ2) is 10.3. The highest BCUT2D eigenvalue weighted by molar-refractivity contribution is 7.25. The molecule has 0 saturated heterocycles. The molecular weight excluding hydrogens is 599 g/mol. The number of para-hydroxylation sites is 1. The molecule has 7 heteroatoms. The van der Waals surface area contributed by atoms with E-state index in [1.807, 2.05) is 24.5 Å². The van der Waals surface area contributed by atoms with E-state index >= 15 is 0 Å². The molecule has 0 bridgehead atoms. The van der Waals surface area contributed by atoms with Gasteiger partial charge in [-0.1, -0.05) is 45.0 Å². The van der Waals surface area contributed by atoms with Crippen molar-refractivity contribution in [1.29, 1.82) is 0 Å². The van der Waals surface area contributed by atoms with Crippen LogP contribution in [0.15, 0.2) is 116 Å². The Hall–Kier alpha value is -5.40. The van der Waals surface area contributed by atoms with Crippen LogP contribution in [0.1, 0.15) is 26.3 Å². The number of fused-ring (bicyclic) bond motifs is 7. The number of aromatic nitrogens is 3. The van der Waals surface area contributed by atoms with Crippen molar-refractivity contribution in [2.24, 2.45) is 0 Å². The first-order valence-corrected chi connectivity index (χ1v) is 16.7. The first-order chi connectivity index (χ1) is 22.8. The van der Waals surface area contributed by atoms with Gasteiger partial charge in [0.05, 0.1) is 29.1 Å². The predicted octanol–water partition coefficient (Wildman–Crippen LogP) is 10.6. The summed E-state index contributed by atoms with van der Waals surface area (Å²) < 4.78 is 10.1. The van der Waals surface area contributed by atoms with Crippen LogP contribution in [0.5, 0.6) is 11.5 Å². The summed E-state index contributed by atoms with van der Waals surface area (Å²) in [6.45, 7) is 7.47. The Bertz CT molecular complexity index is 2510. The molecule has 9 rings (SSSR count). The lowest BCUT2D eigenvalue weighted by Gasteiger charge is -2.20. The summed E-state index contributed by atoms with van der Waals surface area (Å²) >= 11 is 1.75. The molecule has 0 aliphatic carbocycles. The monoisotopic (exact) mass is 631 g/mol. The van der Waals surface area contributed by atoms with Crippen molar-refractivity contribution >= 4 is 70.5 Å². The molecule has 230 valence electrons. The molecule has 1 aliphatic rings. The zero-order valence-corrected chi connectivity index (χ0v) is 27.5. The Morgan fingerprint density at radius 3 is 2.40 bits per heavy atom. The first kappa shape index (κ1) is 27.9. The van der Waals surface area contributed by atoms with E-state index in [2.05, 4.69) is 138 Å². The standard InChI is InChI=1S/C40H33N5OS/c1-40(2,3)25-16-18-41-38(19-25)45-33-13-6-5-11-29(33)30-15-14-28(21-34(30)45)46-27-10-7-9-26(20-27)44-24-43(4)35-23-37-32(22-36(35)44)31-12-8-17-42-39(31)47-37/h5-23H,24H2,1-4H3. The van der Waals surface area contributed by atoms with E-state index in [-0.39, 0.29) is 5.41 Å². The van der Waals surface area contributed by atoms with Gasteiger partial charge < -0.3 is 14.5 Å². The minimum absolute atomic E-state index is 0.0150. The molecule has 0 amide bonds. The smallest absolute Gasteiger partial charge is 0.137 e. The van der Waals surface area contributed by atoms with E-state index in [4.69, 9.17) is 9.72 Å². The van der Waals surface area contributed by atoms with Gasteiger partial charge in [0.1, 0.15) is 22.1 Å². The van der Waals surface area contributed by atoms with Gasteiger partial charge in [-0.25, -0.2) is 9.97 Å².